The molecule has 1 N–H and O–H groups in total. The molecule has 0 aliphatic carbocycles. The molecule has 2 atom stereocenters. The van der Waals surface area contributed by atoms with Gasteiger partial charge in [-0.2, -0.15) is 0 Å². The van der Waals surface area contributed by atoms with E-state index in [9.17, 15) is 25.0 Å². The second kappa shape index (κ2) is 6.13. The van der Waals surface area contributed by atoms with Gasteiger partial charge in [0.05, 0.1) is 19.6 Å². The number of rotatable bonds is 7. The number of carbonyl (C=O) groups is 1. The molecule has 10 nitrogen and oxygen atoms in total. The molecule has 10 heteroatoms. The molecule has 0 aromatic rings. The van der Waals surface area contributed by atoms with Gasteiger partial charge in [-0.3, -0.25) is 29.9 Å². The Kier molecular flexibility index (Phi) is 4.61. The average molecular weight is 316 g/mol. The second-order valence-corrected chi connectivity index (χ2v) is 5.89. The van der Waals surface area contributed by atoms with E-state index in [4.69, 9.17) is 4.74 Å². The van der Waals surface area contributed by atoms with Crippen LogP contribution < -0.4 is 5.32 Å². The van der Waals surface area contributed by atoms with Crippen LogP contribution in [0, 0.1) is 20.2 Å². The zero-order valence-electron chi connectivity index (χ0n) is 12.4. The standard InChI is InChI=1S/C12H20N4O6/c1-2-22-5-3-4-14-8-11(15(18)19)6-12(9-14,16(20)21)10(17)13-7-11/h2-9H2,1H3,(H,13,17). The molecule has 2 heterocycles. The lowest BCUT2D eigenvalue weighted by atomic mass is 9.74. The van der Waals surface area contributed by atoms with Crippen LogP contribution in [0.15, 0.2) is 0 Å². The Morgan fingerprint density at radius 1 is 1.32 bits per heavy atom. The molecule has 0 saturated carbocycles. The summed E-state index contributed by atoms with van der Waals surface area (Å²) in [7, 11) is 0. The maximum atomic E-state index is 12.0. The van der Waals surface area contributed by atoms with E-state index >= 15 is 0 Å². The molecule has 2 unspecified atom stereocenters. The van der Waals surface area contributed by atoms with Crippen LogP contribution in [0.4, 0.5) is 0 Å². The maximum Gasteiger partial charge on any atom is 0.317 e. The highest BCUT2D eigenvalue weighted by Crippen LogP contribution is 2.36. The molecule has 1 amide bonds. The fraction of sp³-hybridized carbons (Fsp3) is 0.917. The number of carbonyl (C=O) groups excluding carboxylic acids is 1. The molecule has 22 heavy (non-hydrogen) atoms. The number of ether oxygens (including phenoxy) is 1. The summed E-state index contributed by atoms with van der Waals surface area (Å²) in [6.45, 7) is 3.17. The van der Waals surface area contributed by atoms with Crippen LogP contribution >= 0.6 is 0 Å². The van der Waals surface area contributed by atoms with Crippen molar-refractivity contribution in [3.05, 3.63) is 20.2 Å². The maximum absolute atomic E-state index is 12.0. The van der Waals surface area contributed by atoms with Crippen LogP contribution in [0.5, 0.6) is 0 Å². The number of nitro groups is 2. The van der Waals surface area contributed by atoms with Crippen molar-refractivity contribution in [3.8, 4) is 0 Å². The molecule has 2 rings (SSSR count). The van der Waals surface area contributed by atoms with Crippen molar-refractivity contribution in [2.45, 2.75) is 30.8 Å². The van der Waals surface area contributed by atoms with Gasteiger partial charge in [-0.1, -0.05) is 0 Å². The van der Waals surface area contributed by atoms with E-state index in [1.165, 1.54) is 0 Å². The lowest BCUT2D eigenvalue weighted by Gasteiger charge is -2.45. The van der Waals surface area contributed by atoms with E-state index in [2.05, 4.69) is 5.32 Å². The summed E-state index contributed by atoms with van der Waals surface area (Å²) >= 11 is 0. The van der Waals surface area contributed by atoms with Gasteiger partial charge in [0.15, 0.2) is 0 Å². The molecule has 0 aromatic carbocycles. The van der Waals surface area contributed by atoms with E-state index in [0.29, 0.717) is 26.2 Å². The minimum atomic E-state index is -1.94. The fourth-order valence-corrected chi connectivity index (χ4v) is 3.26. The molecule has 2 aliphatic heterocycles. The number of nitrogens with zero attached hydrogens (tertiary/aromatic N) is 3. The zero-order valence-corrected chi connectivity index (χ0v) is 12.4. The number of likely N-dealkylation sites (tertiary alicyclic amines) is 1. The first-order valence-corrected chi connectivity index (χ1v) is 7.24. The molecule has 0 radical (unpaired) electrons. The number of hydrogen-bond acceptors (Lipinski definition) is 7. The van der Waals surface area contributed by atoms with Crippen LogP contribution in [-0.4, -0.2) is 71.1 Å². The second-order valence-electron chi connectivity index (χ2n) is 5.89. The molecular formula is C12H20N4O6. The molecule has 124 valence electrons. The van der Waals surface area contributed by atoms with Gasteiger partial charge >= 0.3 is 5.54 Å². The van der Waals surface area contributed by atoms with Gasteiger partial charge in [0, 0.05) is 29.6 Å². The van der Waals surface area contributed by atoms with Gasteiger partial charge in [-0.25, -0.2) is 0 Å². The summed E-state index contributed by atoms with van der Waals surface area (Å²) in [4.78, 5) is 35.4. The lowest BCUT2D eigenvalue weighted by molar-refractivity contribution is -0.618. The van der Waals surface area contributed by atoms with Crippen molar-refractivity contribution >= 4 is 5.91 Å². The van der Waals surface area contributed by atoms with Crippen molar-refractivity contribution in [3.63, 3.8) is 0 Å². The predicted molar refractivity (Wildman–Crippen MR) is 74.6 cm³/mol. The summed E-state index contributed by atoms with van der Waals surface area (Å²) in [5.74, 6) is -0.732. The van der Waals surface area contributed by atoms with Crippen molar-refractivity contribution in [1.29, 1.82) is 0 Å². The quantitative estimate of drug-likeness (QED) is 0.373. The van der Waals surface area contributed by atoms with Crippen LogP contribution in [0.1, 0.15) is 19.8 Å². The third-order valence-corrected chi connectivity index (χ3v) is 4.33. The number of piperidine rings is 2. The predicted octanol–water partition coefficient (Wildman–Crippen LogP) is -0.720. The minimum Gasteiger partial charge on any atom is -0.382 e. The van der Waals surface area contributed by atoms with Gasteiger partial charge in [0.25, 0.3) is 11.4 Å². The van der Waals surface area contributed by atoms with Gasteiger partial charge in [-0.15, -0.1) is 0 Å². The third kappa shape index (κ3) is 2.75. The van der Waals surface area contributed by atoms with E-state index in [-0.39, 0.29) is 26.1 Å². The molecule has 0 spiro atoms. The molecule has 2 bridgehead atoms. The van der Waals surface area contributed by atoms with Crippen molar-refractivity contribution in [1.82, 2.24) is 10.2 Å². The van der Waals surface area contributed by atoms with Crippen LogP contribution in [0.25, 0.3) is 0 Å². The topological polar surface area (TPSA) is 128 Å². The van der Waals surface area contributed by atoms with Gasteiger partial charge in [-0.05, 0) is 13.3 Å². The molecule has 2 fully saturated rings. The van der Waals surface area contributed by atoms with Crippen LogP contribution in [0.2, 0.25) is 0 Å². The smallest absolute Gasteiger partial charge is 0.317 e. The van der Waals surface area contributed by atoms with Crippen LogP contribution in [-0.2, 0) is 9.53 Å². The van der Waals surface area contributed by atoms with Gasteiger partial charge < -0.3 is 10.1 Å². The Labute approximate surface area is 127 Å². The molecular weight excluding hydrogens is 296 g/mol. The highest BCUT2D eigenvalue weighted by atomic mass is 16.6. The lowest BCUT2D eigenvalue weighted by Crippen LogP contribution is -2.76. The third-order valence-electron chi connectivity index (χ3n) is 4.33. The summed E-state index contributed by atoms with van der Waals surface area (Å²) < 4.78 is 5.21. The fourth-order valence-electron chi connectivity index (χ4n) is 3.26. The summed E-state index contributed by atoms with van der Waals surface area (Å²) in [6, 6.07) is 0. The van der Waals surface area contributed by atoms with E-state index < -0.39 is 26.8 Å². The highest BCUT2D eigenvalue weighted by Gasteiger charge is 2.68. The molecule has 2 saturated heterocycles. The first kappa shape index (κ1) is 16.6. The number of amides is 1. The van der Waals surface area contributed by atoms with Gasteiger partial charge in [0.2, 0.25) is 0 Å². The van der Waals surface area contributed by atoms with Crippen molar-refractivity contribution < 1.29 is 19.4 Å². The Morgan fingerprint density at radius 3 is 2.64 bits per heavy atom. The number of hydrogen-bond donors (Lipinski definition) is 1. The monoisotopic (exact) mass is 316 g/mol. The zero-order chi connectivity index (χ0) is 16.4. The SMILES string of the molecule is CCOCCCN1CC2([N+](=O)[O-])CNC(=O)C([N+](=O)[O-])(C1)C2. The van der Waals surface area contributed by atoms with E-state index in [1.807, 2.05) is 6.92 Å². The summed E-state index contributed by atoms with van der Waals surface area (Å²) in [5.41, 5.74) is -3.43. The molecule has 0 aromatic heterocycles. The Bertz CT molecular complexity index is 486. The minimum absolute atomic E-state index is 0.0992. The first-order chi connectivity index (χ1) is 10.4. The van der Waals surface area contributed by atoms with E-state index in [1.54, 1.807) is 4.90 Å². The Hall–Kier alpha value is -1.81. The number of nitrogens with one attached hydrogen (secondary N) is 1. The highest BCUT2D eigenvalue weighted by molar-refractivity contribution is 5.86. The van der Waals surface area contributed by atoms with Crippen molar-refractivity contribution in [2.24, 2.45) is 0 Å². The summed E-state index contributed by atoms with van der Waals surface area (Å²) in [5, 5.41) is 25.3. The Balaban J connectivity index is 2.20. The van der Waals surface area contributed by atoms with Crippen LogP contribution in [0.3, 0.4) is 0 Å². The number of fused-ring (bicyclic) bond motifs is 2. The van der Waals surface area contributed by atoms with E-state index in [0.717, 1.165) is 0 Å². The molecule has 2 aliphatic rings. The average Bonchev–Trinajstić information content (AvgIpc) is 2.47. The van der Waals surface area contributed by atoms with Gasteiger partial charge in [0.1, 0.15) is 6.42 Å². The normalized spacial score (nSPS) is 31.6. The Morgan fingerprint density at radius 2 is 2.05 bits per heavy atom. The first-order valence-electron chi connectivity index (χ1n) is 7.24. The van der Waals surface area contributed by atoms with Crippen molar-refractivity contribution in [2.75, 3.05) is 39.4 Å². The largest absolute Gasteiger partial charge is 0.382 e. The summed E-state index contributed by atoms with van der Waals surface area (Å²) in [6.07, 6.45) is 0.255.